The Balaban J connectivity index is 1.18. The molecule has 0 saturated heterocycles. The number of benzene rings is 3. The van der Waals surface area contributed by atoms with Crippen LogP contribution in [0.1, 0.15) is 34.7 Å². The van der Waals surface area contributed by atoms with Crippen molar-refractivity contribution < 1.29 is 28.7 Å². The van der Waals surface area contributed by atoms with Crippen LogP contribution in [-0.2, 0) is 17.6 Å². The molecule has 8 nitrogen and oxygen atoms in total. The summed E-state index contributed by atoms with van der Waals surface area (Å²) >= 11 is 0. The molecule has 0 fully saturated rings. The standard InChI is InChI=1S/C28H26N2O6/c31-23(19-35-25-16-12-22(13-17-25)28(32)33)18-34-24-14-10-21(11-15-24)27-29-26(36-30-27)9-5-4-8-20-6-2-1-3-7-20/h1-3,6-7,10-17H,4-5,8-9,18-19H2,(H,32,33). The minimum atomic E-state index is -1.02. The molecule has 8 heteroatoms. The largest absolute Gasteiger partial charge is 0.486 e. The Morgan fingerprint density at radius 3 is 2.03 bits per heavy atom. The number of aromatic nitrogens is 2. The van der Waals surface area contributed by atoms with Gasteiger partial charge in [0.1, 0.15) is 24.7 Å². The van der Waals surface area contributed by atoms with Crippen molar-refractivity contribution in [1.82, 2.24) is 10.1 Å². The molecule has 0 saturated carbocycles. The number of aromatic carboxylic acids is 1. The Morgan fingerprint density at radius 2 is 1.39 bits per heavy atom. The maximum absolute atomic E-state index is 12.1. The highest BCUT2D eigenvalue weighted by atomic mass is 16.5. The summed E-state index contributed by atoms with van der Waals surface area (Å²) in [5.41, 5.74) is 2.27. The van der Waals surface area contributed by atoms with E-state index in [-0.39, 0.29) is 24.6 Å². The molecule has 36 heavy (non-hydrogen) atoms. The van der Waals surface area contributed by atoms with Crippen molar-refractivity contribution in [3.05, 3.63) is 95.9 Å². The fourth-order valence-electron chi connectivity index (χ4n) is 3.49. The van der Waals surface area contributed by atoms with Crippen LogP contribution in [0.2, 0.25) is 0 Å². The van der Waals surface area contributed by atoms with Gasteiger partial charge in [0, 0.05) is 12.0 Å². The summed E-state index contributed by atoms with van der Waals surface area (Å²) in [5.74, 6) is 0.790. The average Bonchev–Trinajstić information content (AvgIpc) is 3.39. The summed E-state index contributed by atoms with van der Waals surface area (Å²) in [4.78, 5) is 27.4. The van der Waals surface area contributed by atoms with E-state index in [0.717, 1.165) is 31.2 Å². The molecule has 0 bridgehead atoms. The Kier molecular flexibility index (Phi) is 8.43. The first-order valence-electron chi connectivity index (χ1n) is 11.6. The highest BCUT2D eigenvalue weighted by Crippen LogP contribution is 2.21. The smallest absolute Gasteiger partial charge is 0.335 e. The predicted molar refractivity (Wildman–Crippen MR) is 132 cm³/mol. The van der Waals surface area contributed by atoms with Crippen molar-refractivity contribution in [2.75, 3.05) is 13.2 Å². The Bertz CT molecular complexity index is 1270. The number of Topliss-reactive ketones (excluding diaryl/α,β-unsaturated/α-hetero) is 1. The molecule has 4 aromatic rings. The average molecular weight is 487 g/mol. The third kappa shape index (κ3) is 7.27. The summed E-state index contributed by atoms with van der Waals surface area (Å²) in [6.07, 6.45) is 3.77. The van der Waals surface area contributed by atoms with E-state index in [4.69, 9.17) is 19.1 Å². The number of aryl methyl sites for hydroxylation is 2. The van der Waals surface area contributed by atoms with Gasteiger partial charge in [-0.1, -0.05) is 35.5 Å². The zero-order valence-electron chi connectivity index (χ0n) is 19.6. The normalized spacial score (nSPS) is 10.7. The van der Waals surface area contributed by atoms with Crippen molar-refractivity contribution in [1.29, 1.82) is 0 Å². The lowest BCUT2D eigenvalue weighted by Crippen LogP contribution is -2.19. The Labute approximate surface area is 208 Å². The van der Waals surface area contributed by atoms with Gasteiger partial charge in [0.05, 0.1) is 5.56 Å². The number of ketones is 1. The highest BCUT2D eigenvalue weighted by Gasteiger charge is 2.10. The molecule has 1 N–H and O–H groups in total. The Morgan fingerprint density at radius 1 is 0.778 bits per heavy atom. The molecule has 0 aliphatic rings. The van der Waals surface area contributed by atoms with Crippen molar-refractivity contribution in [3.63, 3.8) is 0 Å². The van der Waals surface area contributed by atoms with Gasteiger partial charge in [-0.3, -0.25) is 4.79 Å². The first-order chi connectivity index (χ1) is 17.6. The second-order valence-corrected chi connectivity index (χ2v) is 8.17. The van der Waals surface area contributed by atoms with Crippen LogP contribution in [0.4, 0.5) is 0 Å². The SMILES string of the molecule is O=C(COc1ccc(C(=O)O)cc1)COc1ccc(-c2noc(CCCCc3ccccc3)n2)cc1. The molecular weight excluding hydrogens is 460 g/mol. The number of hydrogen-bond donors (Lipinski definition) is 1. The summed E-state index contributed by atoms with van der Waals surface area (Å²) in [7, 11) is 0. The van der Waals surface area contributed by atoms with Crippen molar-refractivity contribution >= 4 is 11.8 Å². The van der Waals surface area contributed by atoms with Crippen molar-refractivity contribution in [2.24, 2.45) is 0 Å². The van der Waals surface area contributed by atoms with Crippen LogP contribution in [-0.4, -0.2) is 40.2 Å². The molecule has 4 rings (SSSR count). The quantitative estimate of drug-likeness (QED) is 0.262. The lowest BCUT2D eigenvalue weighted by atomic mass is 10.1. The van der Waals surface area contributed by atoms with E-state index in [1.54, 1.807) is 12.1 Å². The van der Waals surface area contributed by atoms with E-state index in [9.17, 15) is 9.59 Å². The van der Waals surface area contributed by atoms with Gasteiger partial charge in [-0.25, -0.2) is 4.79 Å². The van der Waals surface area contributed by atoms with Crippen LogP contribution in [0.5, 0.6) is 11.5 Å². The number of carbonyl (C=O) groups is 2. The number of rotatable bonds is 13. The number of carboxylic acid groups (broad SMARTS) is 1. The number of carbonyl (C=O) groups excluding carboxylic acids is 1. The fraction of sp³-hybridized carbons (Fsp3) is 0.214. The number of carboxylic acids is 1. The fourth-order valence-corrected chi connectivity index (χ4v) is 3.49. The maximum atomic E-state index is 12.1. The lowest BCUT2D eigenvalue weighted by Gasteiger charge is -2.08. The molecule has 0 radical (unpaired) electrons. The summed E-state index contributed by atoms with van der Waals surface area (Å²) in [5, 5.41) is 13.0. The van der Waals surface area contributed by atoms with Crippen molar-refractivity contribution in [3.8, 4) is 22.9 Å². The second kappa shape index (κ2) is 12.3. The highest BCUT2D eigenvalue weighted by molar-refractivity contribution is 5.87. The molecule has 0 unspecified atom stereocenters. The topological polar surface area (TPSA) is 112 Å². The van der Waals surface area contributed by atoms with E-state index in [0.29, 0.717) is 23.2 Å². The number of ether oxygens (including phenoxy) is 2. The monoisotopic (exact) mass is 486 g/mol. The summed E-state index contributed by atoms with van der Waals surface area (Å²) in [6, 6.07) is 23.3. The molecule has 0 aliphatic heterocycles. The minimum Gasteiger partial charge on any atom is -0.486 e. The summed E-state index contributed by atoms with van der Waals surface area (Å²) in [6.45, 7) is -0.330. The van der Waals surface area contributed by atoms with Gasteiger partial charge in [0.15, 0.2) is 0 Å². The molecule has 0 aliphatic carbocycles. The number of unbranched alkanes of at least 4 members (excludes halogenated alkanes) is 1. The van der Waals surface area contributed by atoms with E-state index in [1.807, 2.05) is 18.2 Å². The maximum Gasteiger partial charge on any atom is 0.335 e. The first kappa shape index (κ1) is 24.7. The van der Waals surface area contributed by atoms with Crippen LogP contribution >= 0.6 is 0 Å². The van der Waals surface area contributed by atoms with Crippen LogP contribution < -0.4 is 9.47 Å². The third-order valence-electron chi connectivity index (χ3n) is 5.43. The van der Waals surface area contributed by atoms with Gasteiger partial charge >= 0.3 is 5.97 Å². The Hall–Kier alpha value is -4.46. The van der Waals surface area contributed by atoms with Crippen molar-refractivity contribution in [2.45, 2.75) is 25.7 Å². The molecule has 0 atom stereocenters. The molecular formula is C28H26N2O6. The van der Waals surface area contributed by atoms with Gasteiger partial charge in [-0.2, -0.15) is 4.98 Å². The van der Waals surface area contributed by atoms with E-state index >= 15 is 0 Å². The van der Waals surface area contributed by atoms with Gasteiger partial charge in [0.25, 0.3) is 0 Å². The van der Waals surface area contributed by atoms with Crippen LogP contribution in [0.15, 0.2) is 83.4 Å². The zero-order chi connectivity index (χ0) is 25.2. The summed E-state index contributed by atoms with van der Waals surface area (Å²) < 4.78 is 16.3. The zero-order valence-corrected chi connectivity index (χ0v) is 19.6. The molecule has 0 amide bonds. The van der Waals surface area contributed by atoms with Gasteiger partial charge in [-0.05, 0) is 73.4 Å². The van der Waals surface area contributed by atoms with E-state index in [2.05, 4.69) is 34.4 Å². The van der Waals surface area contributed by atoms with Crippen LogP contribution in [0, 0.1) is 0 Å². The number of hydrogen-bond acceptors (Lipinski definition) is 7. The predicted octanol–water partition coefficient (Wildman–Crippen LogP) is 5.03. The van der Waals surface area contributed by atoms with Gasteiger partial charge in [-0.15, -0.1) is 0 Å². The molecule has 1 heterocycles. The lowest BCUT2D eigenvalue weighted by molar-refractivity contribution is -0.123. The first-order valence-corrected chi connectivity index (χ1v) is 11.6. The van der Waals surface area contributed by atoms with Gasteiger partial charge < -0.3 is 19.1 Å². The second-order valence-electron chi connectivity index (χ2n) is 8.17. The van der Waals surface area contributed by atoms with Crippen LogP contribution in [0.3, 0.4) is 0 Å². The van der Waals surface area contributed by atoms with Gasteiger partial charge in [0.2, 0.25) is 17.5 Å². The molecule has 184 valence electrons. The van der Waals surface area contributed by atoms with E-state index in [1.165, 1.54) is 29.8 Å². The molecule has 0 spiro atoms. The number of nitrogens with zero attached hydrogens (tertiary/aromatic N) is 2. The van der Waals surface area contributed by atoms with Crippen LogP contribution in [0.25, 0.3) is 11.4 Å². The molecule has 3 aromatic carbocycles. The third-order valence-corrected chi connectivity index (χ3v) is 5.43. The minimum absolute atomic E-state index is 0.149. The van der Waals surface area contributed by atoms with E-state index < -0.39 is 5.97 Å². The molecule has 1 aromatic heterocycles.